The van der Waals surface area contributed by atoms with Gasteiger partial charge >= 0.3 is 0 Å². The third-order valence-corrected chi connectivity index (χ3v) is 3.48. The smallest absolute Gasteiger partial charge is 0.0674 e. The van der Waals surface area contributed by atoms with Crippen LogP contribution < -0.4 is 5.73 Å². The van der Waals surface area contributed by atoms with Crippen molar-refractivity contribution in [2.75, 3.05) is 33.4 Å². The van der Waals surface area contributed by atoms with Crippen LogP contribution in [0.15, 0.2) is 0 Å². The molecule has 1 aliphatic rings. The molecule has 3 N–H and O–H groups in total. The third-order valence-electron chi connectivity index (χ3n) is 3.48. The fourth-order valence-corrected chi connectivity index (χ4v) is 2.04. The number of methoxy groups -OCH3 is 1. The molecule has 0 aliphatic heterocycles. The van der Waals surface area contributed by atoms with E-state index < -0.39 is 0 Å². The summed E-state index contributed by atoms with van der Waals surface area (Å²) in [5.41, 5.74) is 5.41. The van der Waals surface area contributed by atoms with E-state index in [1.165, 1.54) is 12.8 Å². The largest absolute Gasteiger partial charge is 0.392 e. The van der Waals surface area contributed by atoms with Crippen LogP contribution in [0.1, 0.15) is 26.2 Å². The number of aliphatic hydroxyl groups excluding tert-OH is 1. The minimum atomic E-state index is -0.364. The Kier molecular flexibility index (Phi) is 6.28. The van der Waals surface area contributed by atoms with Crippen molar-refractivity contribution < 1.29 is 9.84 Å². The van der Waals surface area contributed by atoms with E-state index in [0.29, 0.717) is 12.6 Å². The van der Waals surface area contributed by atoms with Crippen LogP contribution in [0, 0.1) is 5.92 Å². The van der Waals surface area contributed by atoms with Gasteiger partial charge in [-0.1, -0.05) is 0 Å². The number of nitrogens with zero attached hydrogens (tertiary/aromatic N) is 1. The molecule has 2 unspecified atom stereocenters. The van der Waals surface area contributed by atoms with Crippen LogP contribution in [0.3, 0.4) is 0 Å². The van der Waals surface area contributed by atoms with Crippen LogP contribution in [0.4, 0.5) is 0 Å². The summed E-state index contributed by atoms with van der Waals surface area (Å²) in [7, 11) is 1.73. The highest BCUT2D eigenvalue weighted by atomic mass is 16.5. The normalized spacial score (nSPS) is 20.1. The van der Waals surface area contributed by atoms with Gasteiger partial charge in [0, 0.05) is 32.8 Å². The van der Waals surface area contributed by atoms with Gasteiger partial charge < -0.3 is 15.6 Å². The van der Waals surface area contributed by atoms with Crippen molar-refractivity contribution in [2.45, 2.75) is 38.3 Å². The summed E-state index contributed by atoms with van der Waals surface area (Å²) >= 11 is 0. The summed E-state index contributed by atoms with van der Waals surface area (Å²) in [6.45, 7) is 5.26. The molecule has 0 saturated heterocycles. The molecule has 0 aromatic rings. The van der Waals surface area contributed by atoms with Gasteiger partial charge in [-0.05, 0) is 32.1 Å². The van der Waals surface area contributed by atoms with Crippen molar-refractivity contribution >= 4 is 0 Å². The van der Waals surface area contributed by atoms with Gasteiger partial charge in [0.2, 0.25) is 0 Å². The van der Waals surface area contributed by atoms with Crippen molar-refractivity contribution in [3.05, 3.63) is 0 Å². The van der Waals surface area contributed by atoms with Gasteiger partial charge in [0.1, 0.15) is 0 Å². The average Bonchev–Trinajstić information content (AvgIpc) is 3.11. The second kappa shape index (κ2) is 7.22. The van der Waals surface area contributed by atoms with Gasteiger partial charge in [-0.3, -0.25) is 4.90 Å². The lowest BCUT2D eigenvalue weighted by atomic mass is 10.1. The van der Waals surface area contributed by atoms with Gasteiger partial charge in [-0.25, -0.2) is 0 Å². The van der Waals surface area contributed by atoms with Crippen LogP contribution in [0.25, 0.3) is 0 Å². The van der Waals surface area contributed by atoms with E-state index >= 15 is 0 Å². The molecule has 0 aromatic carbocycles. The van der Waals surface area contributed by atoms with E-state index in [0.717, 1.165) is 32.0 Å². The molecule has 1 fully saturated rings. The molecule has 0 amide bonds. The fraction of sp³-hybridized carbons (Fsp3) is 1.00. The van der Waals surface area contributed by atoms with Crippen LogP contribution in [-0.2, 0) is 4.74 Å². The van der Waals surface area contributed by atoms with E-state index in [4.69, 9.17) is 10.5 Å². The van der Waals surface area contributed by atoms with Crippen molar-refractivity contribution in [2.24, 2.45) is 11.7 Å². The van der Waals surface area contributed by atoms with E-state index in [-0.39, 0.29) is 6.10 Å². The first-order valence-corrected chi connectivity index (χ1v) is 6.30. The van der Waals surface area contributed by atoms with Crippen molar-refractivity contribution in [3.8, 4) is 0 Å². The molecule has 96 valence electrons. The van der Waals surface area contributed by atoms with Crippen LogP contribution in [-0.4, -0.2) is 55.5 Å². The maximum Gasteiger partial charge on any atom is 0.0674 e. The highest BCUT2D eigenvalue weighted by Gasteiger charge is 2.31. The lowest BCUT2D eigenvalue weighted by molar-refractivity contribution is 0.0939. The summed E-state index contributed by atoms with van der Waals surface area (Å²) in [6.07, 6.45) is 3.10. The first-order valence-electron chi connectivity index (χ1n) is 6.30. The highest BCUT2D eigenvalue weighted by Crippen LogP contribution is 2.35. The van der Waals surface area contributed by atoms with Crippen molar-refractivity contribution in [1.82, 2.24) is 4.90 Å². The minimum Gasteiger partial charge on any atom is -0.392 e. The average molecular weight is 230 g/mol. The van der Waals surface area contributed by atoms with Crippen molar-refractivity contribution in [1.29, 1.82) is 0 Å². The maximum absolute atomic E-state index is 9.49. The summed E-state index contributed by atoms with van der Waals surface area (Å²) in [5.74, 6) is 0.854. The zero-order valence-electron chi connectivity index (χ0n) is 10.6. The predicted octanol–water partition coefficient (Wildman–Crippen LogP) is 0.443. The predicted molar refractivity (Wildman–Crippen MR) is 65.3 cm³/mol. The summed E-state index contributed by atoms with van der Waals surface area (Å²) in [6, 6.07) is 0.611. The zero-order chi connectivity index (χ0) is 12.0. The number of hydrogen-bond donors (Lipinski definition) is 2. The van der Waals surface area contributed by atoms with Crippen molar-refractivity contribution in [3.63, 3.8) is 0 Å². The summed E-state index contributed by atoms with van der Waals surface area (Å²) in [5, 5.41) is 9.49. The minimum absolute atomic E-state index is 0.357. The summed E-state index contributed by atoms with van der Waals surface area (Å²) < 4.78 is 5.13. The molecule has 1 saturated carbocycles. The Balaban J connectivity index is 2.30. The molecule has 0 radical (unpaired) electrons. The third kappa shape index (κ3) is 4.78. The Morgan fingerprint density at radius 3 is 2.62 bits per heavy atom. The van der Waals surface area contributed by atoms with Crippen LogP contribution in [0.2, 0.25) is 0 Å². The quantitative estimate of drug-likeness (QED) is 0.603. The Morgan fingerprint density at radius 1 is 1.44 bits per heavy atom. The van der Waals surface area contributed by atoms with Gasteiger partial charge in [0.15, 0.2) is 0 Å². The monoisotopic (exact) mass is 230 g/mol. The van der Waals surface area contributed by atoms with Gasteiger partial charge in [0.25, 0.3) is 0 Å². The number of aliphatic hydroxyl groups is 1. The molecule has 4 nitrogen and oxygen atoms in total. The second-order valence-electron chi connectivity index (χ2n) is 4.79. The lowest BCUT2D eigenvalue weighted by Gasteiger charge is -2.29. The first-order chi connectivity index (χ1) is 7.69. The van der Waals surface area contributed by atoms with E-state index in [1.807, 2.05) is 0 Å². The molecule has 0 heterocycles. The molecule has 4 heteroatoms. The van der Waals surface area contributed by atoms with Crippen LogP contribution in [0.5, 0.6) is 0 Å². The summed E-state index contributed by atoms with van der Waals surface area (Å²) in [4.78, 5) is 2.42. The number of hydrogen-bond acceptors (Lipinski definition) is 4. The van der Waals surface area contributed by atoms with E-state index in [2.05, 4.69) is 11.8 Å². The molecule has 0 spiro atoms. The van der Waals surface area contributed by atoms with Gasteiger partial charge in [0.05, 0.1) is 12.7 Å². The molecule has 2 atom stereocenters. The standard InChI is InChI=1S/C12H26N2O2/c1-10(11-3-4-11)14(7-8-16-2)6-5-12(15)9-13/h10-12,15H,3-9,13H2,1-2H3. The Bertz CT molecular complexity index is 186. The second-order valence-corrected chi connectivity index (χ2v) is 4.79. The molecule has 16 heavy (non-hydrogen) atoms. The maximum atomic E-state index is 9.49. The number of ether oxygens (including phenoxy) is 1. The molecular formula is C12H26N2O2. The highest BCUT2D eigenvalue weighted by molar-refractivity contribution is 4.85. The molecule has 0 bridgehead atoms. The Hall–Kier alpha value is -0.160. The molecule has 1 aliphatic carbocycles. The van der Waals surface area contributed by atoms with Gasteiger partial charge in [-0.15, -0.1) is 0 Å². The molecular weight excluding hydrogens is 204 g/mol. The SMILES string of the molecule is COCCN(CCC(O)CN)C(C)C1CC1. The Morgan fingerprint density at radius 2 is 2.12 bits per heavy atom. The first kappa shape index (κ1) is 13.9. The lowest BCUT2D eigenvalue weighted by Crippen LogP contribution is -2.39. The fourth-order valence-electron chi connectivity index (χ4n) is 2.04. The number of nitrogens with two attached hydrogens (primary N) is 1. The zero-order valence-corrected chi connectivity index (χ0v) is 10.6. The number of rotatable bonds is 9. The molecule has 1 rings (SSSR count). The van der Waals surface area contributed by atoms with E-state index in [9.17, 15) is 5.11 Å². The molecule has 0 aromatic heterocycles. The van der Waals surface area contributed by atoms with E-state index in [1.54, 1.807) is 7.11 Å². The topological polar surface area (TPSA) is 58.7 Å². The Labute approximate surface area is 98.8 Å². The van der Waals surface area contributed by atoms with Gasteiger partial charge in [-0.2, -0.15) is 0 Å². The van der Waals surface area contributed by atoms with Crippen LogP contribution >= 0.6 is 0 Å².